The molecule has 0 aromatic rings. The first kappa shape index (κ1) is 84.1. The number of ether oxygens (including phenoxy) is 4. The second-order valence-corrected chi connectivity index (χ2v) is 27.4. The summed E-state index contributed by atoms with van der Waals surface area (Å²) >= 11 is 0. The predicted molar refractivity (Wildman–Crippen MR) is 345 cm³/mol. The van der Waals surface area contributed by atoms with Crippen LogP contribution >= 0.6 is 15.6 Å². The highest BCUT2D eigenvalue weighted by Crippen LogP contribution is 2.45. The van der Waals surface area contributed by atoms with Crippen LogP contribution in [-0.4, -0.2) is 96.7 Å². The van der Waals surface area contributed by atoms with Crippen LogP contribution in [0.4, 0.5) is 0 Å². The number of rotatable bonds is 67. The van der Waals surface area contributed by atoms with E-state index in [1.165, 1.54) is 161 Å². The van der Waals surface area contributed by atoms with E-state index >= 15 is 0 Å². The number of unbranched alkanes of at least 4 members (excludes halogenated alkanes) is 38. The van der Waals surface area contributed by atoms with Crippen molar-refractivity contribution < 1.29 is 80.2 Å². The van der Waals surface area contributed by atoms with Crippen LogP contribution in [0.2, 0.25) is 0 Å². The maximum atomic E-state index is 13.0. The van der Waals surface area contributed by atoms with Gasteiger partial charge in [-0.15, -0.1) is 0 Å². The van der Waals surface area contributed by atoms with Gasteiger partial charge in [-0.1, -0.05) is 291 Å². The zero-order valence-corrected chi connectivity index (χ0v) is 57.2. The van der Waals surface area contributed by atoms with Crippen LogP contribution in [0.3, 0.4) is 0 Å². The maximum Gasteiger partial charge on any atom is 0.472 e. The number of esters is 4. The minimum atomic E-state index is -4.95. The normalized spacial score (nSPS) is 14.5. The van der Waals surface area contributed by atoms with E-state index in [1.54, 1.807) is 0 Å². The van der Waals surface area contributed by atoms with Crippen LogP contribution in [0, 0.1) is 5.92 Å². The molecule has 0 bridgehead atoms. The summed E-state index contributed by atoms with van der Waals surface area (Å²) in [5, 5.41) is 10.5. The fourth-order valence-corrected chi connectivity index (χ4v) is 11.7. The third kappa shape index (κ3) is 59.7. The van der Waals surface area contributed by atoms with Gasteiger partial charge in [0.1, 0.15) is 19.3 Å². The third-order valence-corrected chi connectivity index (χ3v) is 17.8. The van der Waals surface area contributed by atoms with Crippen molar-refractivity contribution in [3.05, 3.63) is 0 Å². The van der Waals surface area contributed by atoms with Gasteiger partial charge in [-0.3, -0.25) is 37.3 Å². The number of hydrogen-bond acceptors (Lipinski definition) is 15. The Balaban J connectivity index is 5.17. The molecule has 6 atom stereocenters. The quantitative estimate of drug-likeness (QED) is 0.0222. The summed E-state index contributed by atoms with van der Waals surface area (Å²) in [7, 11) is -9.88. The van der Waals surface area contributed by atoms with Gasteiger partial charge in [-0.25, -0.2) is 9.13 Å². The van der Waals surface area contributed by atoms with Crippen LogP contribution < -0.4 is 0 Å². The minimum Gasteiger partial charge on any atom is -0.462 e. The fraction of sp³-hybridized carbons (Fsp3) is 0.940. The molecule has 86 heavy (non-hydrogen) atoms. The first-order valence-corrected chi connectivity index (χ1v) is 38.2. The number of hydrogen-bond donors (Lipinski definition) is 3. The summed E-state index contributed by atoms with van der Waals surface area (Å²) in [6, 6.07) is 0. The first-order chi connectivity index (χ1) is 41.6. The highest BCUT2D eigenvalue weighted by Gasteiger charge is 2.30. The van der Waals surface area contributed by atoms with E-state index in [0.717, 1.165) is 102 Å². The molecule has 0 saturated heterocycles. The summed E-state index contributed by atoms with van der Waals surface area (Å²) in [4.78, 5) is 72.2. The lowest BCUT2D eigenvalue weighted by atomic mass is 9.99. The van der Waals surface area contributed by atoms with Gasteiger partial charge in [0.15, 0.2) is 12.2 Å². The Bertz CT molecular complexity index is 1670. The van der Waals surface area contributed by atoms with Crippen molar-refractivity contribution in [2.45, 2.75) is 361 Å². The van der Waals surface area contributed by atoms with Gasteiger partial charge < -0.3 is 33.8 Å². The number of carbonyl (C=O) groups excluding carboxylic acids is 4. The van der Waals surface area contributed by atoms with Crippen molar-refractivity contribution in [2.24, 2.45) is 5.92 Å². The van der Waals surface area contributed by atoms with Gasteiger partial charge in [0, 0.05) is 25.7 Å². The smallest absolute Gasteiger partial charge is 0.462 e. The Morgan fingerprint density at radius 3 is 0.826 bits per heavy atom. The molecule has 0 fully saturated rings. The summed E-state index contributed by atoms with van der Waals surface area (Å²) in [6.07, 6.45) is 46.0. The largest absolute Gasteiger partial charge is 0.472 e. The Hall–Kier alpha value is -1.94. The predicted octanol–water partition coefficient (Wildman–Crippen LogP) is 19.0. The van der Waals surface area contributed by atoms with Crippen molar-refractivity contribution in [1.29, 1.82) is 0 Å². The second-order valence-electron chi connectivity index (χ2n) is 24.5. The zero-order chi connectivity index (χ0) is 63.5. The second kappa shape index (κ2) is 60.6. The molecule has 3 N–H and O–H groups in total. The summed E-state index contributed by atoms with van der Waals surface area (Å²) in [6.45, 7) is 7.17. The Morgan fingerprint density at radius 1 is 0.326 bits per heavy atom. The lowest BCUT2D eigenvalue weighted by molar-refractivity contribution is -0.161. The number of phosphoric acid groups is 2. The molecule has 510 valence electrons. The van der Waals surface area contributed by atoms with Gasteiger partial charge in [0.05, 0.1) is 26.4 Å². The lowest BCUT2D eigenvalue weighted by Gasteiger charge is -2.21. The minimum absolute atomic E-state index is 0.106. The van der Waals surface area contributed by atoms with Gasteiger partial charge in [-0.05, 0) is 31.6 Å². The molecule has 3 unspecified atom stereocenters. The molecule has 0 radical (unpaired) electrons. The molecular weight excluding hydrogens is 1140 g/mol. The van der Waals surface area contributed by atoms with Crippen LogP contribution in [0.25, 0.3) is 0 Å². The molecule has 0 saturated carbocycles. The van der Waals surface area contributed by atoms with E-state index in [-0.39, 0.29) is 25.7 Å². The molecule has 0 heterocycles. The number of phosphoric ester groups is 2. The molecule has 0 aliphatic carbocycles. The van der Waals surface area contributed by atoms with E-state index in [4.69, 9.17) is 37.0 Å². The molecule has 0 aliphatic rings. The number of aliphatic hydroxyl groups is 1. The molecule has 0 aromatic heterocycles. The molecule has 19 heteroatoms. The van der Waals surface area contributed by atoms with Gasteiger partial charge in [0.2, 0.25) is 0 Å². The summed E-state index contributed by atoms with van der Waals surface area (Å²) in [5.74, 6) is -1.33. The number of aliphatic hydroxyl groups excluding tert-OH is 1. The Labute approximate surface area is 524 Å². The van der Waals surface area contributed by atoms with E-state index in [1.807, 2.05) is 0 Å². The molecular formula is C67H130O17P2. The molecule has 0 aromatic carbocycles. The lowest BCUT2D eigenvalue weighted by Crippen LogP contribution is -2.30. The average Bonchev–Trinajstić information content (AvgIpc) is 3.62. The number of carbonyl (C=O) groups is 4. The van der Waals surface area contributed by atoms with Crippen molar-refractivity contribution in [1.82, 2.24) is 0 Å². The van der Waals surface area contributed by atoms with Crippen molar-refractivity contribution in [3.8, 4) is 0 Å². The molecule has 17 nitrogen and oxygen atoms in total. The van der Waals surface area contributed by atoms with Crippen molar-refractivity contribution >= 4 is 39.5 Å². The molecule has 0 aliphatic heterocycles. The average molecular weight is 1270 g/mol. The standard InChI is InChI=1S/C67H130O17P2/c1-6-10-13-16-18-20-22-24-25-26-28-34-38-43-48-53-67(72)84-63(57-78-65(70)51-46-41-36-32-30-29-31-35-40-44-49-60(5)9-4)59-82-86(75,76)80-55-61(68)54-79-85(73,74)81-58-62(56-77-64(69)50-45-39-15-12-8-3)83-66(71)52-47-42-37-33-27-23-21-19-17-14-11-7-2/h60-63,68H,6-59H2,1-5H3,(H,73,74)(H,75,76)/t60?,61-,62+,63+/m0/s1. The monoisotopic (exact) mass is 1270 g/mol. The van der Waals surface area contributed by atoms with E-state index in [2.05, 4.69) is 34.6 Å². The topological polar surface area (TPSA) is 237 Å². The van der Waals surface area contributed by atoms with Crippen LogP contribution in [0.5, 0.6) is 0 Å². The summed E-state index contributed by atoms with van der Waals surface area (Å²) < 4.78 is 68.0. The van der Waals surface area contributed by atoms with E-state index < -0.39 is 97.5 Å². The van der Waals surface area contributed by atoms with Crippen molar-refractivity contribution in [2.75, 3.05) is 39.6 Å². The van der Waals surface area contributed by atoms with Crippen LogP contribution in [0.1, 0.15) is 343 Å². The first-order valence-electron chi connectivity index (χ1n) is 35.2. The van der Waals surface area contributed by atoms with Crippen molar-refractivity contribution in [3.63, 3.8) is 0 Å². The fourth-order valence-electron chi connectivity index (χ4n) is 10.1. The maximum absolute atomic E-state index is 13.0. The van der Waals surface area contributed by atoms with Gasteiger partial charge in [-0.2, -0.15) is 0 Å². The molecule has 0 rings (SSSR count). The van der Waals surface area contributed by atoms with Crippen LogP contribution in [0.15, 0.2) is 0 Å². The highest BCUT2D eigenvalue weighted by molar-refractivity contribution is 7.47. The van der Waals surface area contributed by atoms with Crippen LogP contribution in [-0.2, 0) is 65.4 Å². The molecule has 0 amide bonds. The SMILES string of the molecule is CCCCCCCCCCCCCCCCCC(=O)O[C@H](COC(=O)CCCCCCCCCCCCC(C)CC)COP(=O)(O)OC[C@@H](O)COP(=O)(O)OC[C@@H](COC(=O)CCCCCCC)OC(=O)CCCCCCCCCCCCCC. The van der Waals surface area contributed by atoms with E-state index in [9.17, 15) is 43.2 Å². The summed E-state index contributed by atoms with van der Waals surface area (Å²) in [5.41, 5.74) is 0. The van der Waals surface area contributed by atoms with E-state index in [0.29, 0.717) is 25.7 Å². The molecule has 0 spiro atoms. The Morgan fingerprint density at radius 2 is 0.558 bits per heavy atom. The highest BCUT2D eigenvalue weighted by atomic mass is 31.2. The Kier molecular flexibility index (Phi) is 59.2. The van der Waals surface area contributed by atoms with Gasteiger partial charge >= 0.3 is 39.5 Å². The third-order valence-electron chi connectivity index (χ3n) is 15.9. The van der Waals surface area contributed by atoms with Gasteiger partial charge in [0.25, 0.3) is 0 Å². The zero-order valence-electron chi connectivity index (χ0n) is 55.4.